The first kappa shape index (κ1) is 13.7. The summed E-state index contributed by atoms with van der Waals surface area (Å²) in [6.07, 6.45) is 4.94. The lowest BCUT2D eigenvalue weighted by Gasteiger charge is -2.37. The lowest BCUT2D eigenvalue weighted by atomic mass is 9.90. The van der Waals surface area contributed by atoms with Crippen molar-refractivity contribution in [3.63, 3.8) is 0 Å². The normalized spacial score (nSPS) is 22.2. The van der Waals surface area contributed by atoms with Gasteiger partial charge in [-0.15, -0.1) is 0 Å². The molecular weight excluding hydrogens is 268 g/mol. The molecule has 2 aromatic rings. The second-order valence-corrected chi connectivity index (χ2v) is 5.57. The van der Waals surface area contributed by atoms with E-state index < -0.39 is 0 Å². The van der Waals surface area contributed by atoms with Crippen LogP contribution in [0.5, 0.6) is 0 Å². The molecule has 0 radical (unpaired) electrons. The minimum atomic E-state index is -0.348. The molecule has 1 aliphatic heterocycles. The van der Waals surface area contributed by atoms with E-state index in [0.717, 1.165) is 18.6 Å². The molecule has 1 amide bonds. The van der Waals surface area contributed by atoms with E-state index >= 15 is 0 Å². The number of piperidine rings is 1. The van der Waals surface area contributed by atoms with Crippen molar-refractivity contribution in [3.05, 3.63) is 58.4 Å². The Balaban J connectivity index is 1.93. The average molecular weight is 286 g/mol. The van der Waals surface area contributed by atoms with Crippen molar-refractivity contribution >= 4 is 5.91 Å². The van der Waals surface area contributed by atoms with E-state index in [1.165, 1.54) is 6.20 Å². The third kappa shape index (κ3) is 2.63. The average Bonchev–Trinajstić information content (AvgIpc) is 3.01. The van der Waals surface area contributed by atoms with Crippen molar-refractivity contribution in [2.75, 3.05) is 6.54 Å². The number of furan rings is 1. The zero-order chi connectivity index (χ0) is 14.8. The number of aromatic amines is 1. The summed E-state index contributed by atoms with van der Waals surface area (Å²) in [6.45, 7) is 2.81. The summed E-state index contributed by atoms with van der Waals surface area (Å²) < 4.78 is 5.49. The summed E-state index contributed by atoms with van der Waals surface area (Å²) in [5.74, 6) is 1.07. The van der Waals surface area contributed by atoms with E-state index in [1.54, 1.807) is 23.3 Å². The van der Waals surface area contributed by atoms with Gasteiger partial charge in [-0.2, -0.15) is 0 Å². The summed E-state index contributed by atoms with van der Waals surface area (Å²) in [7, 11) is 0. The molecular formula is C16H18N2O3. The maximum Gasteiger partial charge on any atom is 0.260 e. The summed E-state index contributed by atoms with van der Waals surface area (Å²) in [6, 6.07) is 6.85. The SMILES string of the molecule is C[C@@H]1CCN(C(=O)c2ccc[nH]c2=O)[C@@H](c2ccco2)C1. The topological polar surface area (TPSA) is 66.3 Å². The zero-order valence-electron chi connectivity index (χ0n) is 11.9. The number of hydrogen-bond donors (Lipinski definition) is 1. The van der Waals surface area contributed by atoms with Crippen LogP contribution in [0.1, 0.15) is 41.9 Å². The quantitative estimate of drug-likeness (QED) is 0.922. The highest BCUT2D eigenvalue weighted by molar-refractivity contribution is 5.94. The van der Waals surface area contributed by atoms with Gasteiger partial charge in [0.05, 0.1) is 12.3 Å². The molecule has 21 heavy (non-hydrogen) atoms. The smallest absolute Gasteiger partial charge is 0.260 e. The fourth-order valence-electron chi connectivity index (χ4n) is 2.88. The maximum atomic E-state index is 12.7. The van der Waals surface area contributed by atoms with Gasteiger partial charge < -0.3 is 14.3 Å². The minimum absolute atomic E-state index is 0.101. The maximum absolute atomic E-state index is 12.7. The number of hydrogen-bond acceptors (Lipinski definition) is 3. The largest absolute Gasteiger partial charge is 0.467 e. The summed E-state index contributed by atoms with van der Waals surface area (Å²) in [5, 5.41) is 0. The molecule has 1 aliphatic rings. The highest BCUT2D eigenvalue weighted by Crippen LogP contribution is 2.34. The summed E-state index contributed by atoms with van der Waals surface area (Å²) in [4.78, 5) is 28.8. The van der Waals surface area contributed by atoms with Gasteiger partial charge in [-0.3, -0.25) is 9.59 Å². The lowest BCUT2D eigenvalue weighted by molar-refractivity contribution is 0.0519. The molecule has 1 saturated heterocycles. The van der Waals surface area contributed by atoms with Gasteiger partial charge in [0.25, 0.3) is 11.5 Å². The van der Waals surface area contributed by atoms with Crippen molar-refractivity contribution in [2.24, 2.45) is 5.92 Å². The Morgan fingerprint density at radius 1 is 1.38 bits per heavy atom. The Morgan fingerprint density at radius 2 is 2.24 bits per heavy atom. The van der Waals surface area contributed by atoms with Crippen LogP contribution in [0.2, 0.25) is 0 Å². The fraction of sp³-hybridized carbons (Fsp3) is 0.375. The van der Waals surface area contributed by atoms with Gasteiger partial charge >= 0.3 is 0 Å². The molecule has 5 nitrogen and oxygen atoms in total. The lowest BCUT2D eigenvalue weighted by Crippen LogP contribution is -2.42. The van der Waals surface area contributed by atoms with E-state index in [1.807, 2.05) is 12.1 Å². The Labute approximate surface area is 122 Å². The molecule has 0 spiro atoms. The molecule has 2 atom stereocenters. The second-order valence-electron chi connectivity index (χ2n) is 5.57. The Bertz CT molecular complexity index is 675. The number of pyridine rings is 1. The molecule has 110 valence electrons. The van der Waals surface area contributed by atoms with Crippen LogP contribution in [0.25, 0.3) is 0 Å². The number of carbonyl (C=O) groups excluding carboxylic acids is 1. The first-order valence-electron chi connectivity index (χ1n) is 7.19. The number of amides is 1. The van der Waals surface area contributed by atoms with Crippen LogP contribution in [-0.2, 0) is 0 Å². The Morgan fingerprint density at radius 3 is 2.95 bits per heavy atom. The molecule has 0 bridgehead atoms. The van der Waals surface area contributed by atoms with E-state index in [9.17, 15) is 9.59 Å². The Kier molecular flexibility index (Phi) is 3.64. The number of nitrogens with one attached hydrogen (secondary N) is 1. The molecule has 0 aromatic carbocycles. The van der Waals surface area contributed by atoms with Crippen LogP contribution in [0.15, 0.2) is 45.9 Å². The number of aromatic nitrogens is 1. The van der Waals surface area contributed by atoms with Gasteiger partial charge in [-0.1, -0.05) is 6.92 Å². The van der Waals surface area contributed by atoms with Crippen molar-refractivity contribution in [2.45, 2.75) is 25.8 Å². The third-order valence-corrected chi connectivity index (χ3v) is 4.05. The van der Waals surface area contributed by atoms with E-state index in [0.29, 0.717) is 12.5 Å². The molecule has 1 N–H and O–H groups in total. The molecule has 3 rings (SSSR count). The molecule has 2 aromatic heterocycles. The highest BCUT2D eigenvalue weighted by atomic mass is 16.3. The molecule has 1 fully saturated rings. The molecule has 0 aliphatic carbocycles. The second kappa shape index (κ2) is 5.60. The van der Waals surface area contributed by atoms with E-state index in [2.05, 4.69) is 11.9 Å². The third-order valence-electron chi connectivity index (χ3n) is 4.05. The van der Waals surface area contributed by atoms with Crippen LogP contribution in [0.3, 0.4) is 0 Å². The number of nitrogens with zero attached hydrogens (tertiary/aromatic N) is 1. The minimum Gasteiger partial charge on any atom is -0.467 e. The fourth-order valence-corrected chi connectivity index (χ4v) is 2.88. The monoisotopic (exact) mass is 286 g/mol. The van der Waals surface area contributed by atoms with Gasteiger partial charge in [-0.05, 0) is 43.0 Å². The molecule has 0 saturated carbocycles. The van der Waals surface area contributed by atoms with Crippen molar-refractivity contribution in [3.8, 4) is 0 Å². The van der Waals surface area contributed by atoms with Gasteiger partial charge in [0.15, 0.2) is 0 Å². The number of H-pyrrole nitrogens is 1. The van der Waals surface area contributed by atoms with Gasteiger partial charge in [0.2, 0.25) is 0 Å². The molecule has 5 heteroatoms. The van der Waals surface area contributed by atoms with Crippen LogP contribution in [0.4, 0.5) is 0 Å². The molecule has 0 unspecified atom stereocenters. The van der Waals surface area contributed by atoms with Gasteiger partial charge in [-0.25, -0.2) is 0 Å². The summed E-state index contributed by atoms with van der Waals surface area (Å²) >= 11 is 0. The van der Waals surface area contributed by atoms with Gasteiger partial charge in [0.1, 0.15) is 11.3 Å². The highest BCUT2D eigenvalue weighted by Gasteiger charge is 2.33. The summed E-state index contributed by atoms with van der Waals surface area (Å²) in [5.41, 5.74) is -0.164. The Hall–Kier alpha value is -2.30. The number of rotatable bonds is 2. The first-order chi connectivity index (χ1) is 10.2. The standard InChI is InChI=1S/C16H18N2O3/c1-11-6-8-18(13(10-11)14-5-3-9-21-14)16(20)12-4-2-7-17-15(12)19/h2-5,7,9,11,13H,6,8,10H2,1H3,(H,17,19)/t11-,13-/m1/s1. The van der Waals surface area contributed by atoms with Crippen molar-refractivity contribution in [1.82, 2.24) is 9.88 Å². The number of carbonyl (C=O) groups is 1. The van der Waals surface area contributed by atoms with E-state index in [4.69, 9.17) is 4.42 Å². The number of likely N-dealkylation sites (tertiary alicyclic amines) is 1. The van der Waals surface area contributed by atoms with Gasteiger partial charge in [0, 0.05) is 12.7 Å². The van der Waals surface area contributed by atoms with Crippen LogP contribution in [-0.4, -0.2) is 22.3 Å². The van der Waals surface area contributed by atoms with Crippen molar-refractivity contribution < 1.29 is 9.21 Å². The predicted molar refractivity (Wildman–Crippen MR) is 77.9 cm³/mol. The predicted octanol–water partition coefficient (Wildman–Crippen LogP) is 2.58. The zero-order valence-corrected chi connectivity index (χ0v) is 11.9. The van der Waals surface area contributed by atoms with Crippen LogP contribution >= 0.6 is 0 Å². The van der Waals surface area contributed by atoms with E-state index in [-0.39, 0.29) is 23.1 Å². The first-order valence-corrected chi connectivity index (χ1v) is 7.19. The van der Waals surface area contributed by atoms with Crippen LogP contribution < -0.4 is 5.56 Å². The van der Waals surface area contributed by atoms with Crippen molar-refractivity contribution in [1.29, 1.82) is 0 Å². The van der Waals surface area contributed by atoms with Crippen LogP contribution in [0, 0.1) is 5.92 Å². The molecule has 3 heterocycles.